The fourth-order valence-corrected chi connectivity index (χ4v) is 5.75. The quantitative estimate of drug-likeness (QED) is 0.168. The molecule has 3 aromatic carbocycles. The molecule has 0 radical (unpaired) electrons. The molecule has 1 saturated carbocycles. The third kappa shape index (κ3) is 10.4. The van der Waals surface area contributed by atoms with Crippen molar-refractivity contribution in [1.29, 1.82) is 0 Å². The Hall–Kier alpha value is -4.63. The number of morpholine rings is 1. The van der Waals surface area contributed by atoms with Gasteiger partial charge in [-0.2, -0.15) is 13.2 Å². The van der Waals surface area contributed by atoms with Crippen molar-refractivity contribution >= 4 is 23.6 Å². The molecule has 274 valence electrons. The second-order valence-corrected chi connectivity index (χ2v) is 13.0. The van der Waals surface area contributed by atoms with Crippen molar-refractivity contribution in [3.05, 3.63) is 101 Å². The summed E-state index contributed by atoms with van der Waals surface area (Å²) in [5.41, 5.74) is 0.638. The van der Waals surface area contributed by atoms with Crippen molar-refractivity contribution in [2.75, 3.05) is 31.6 Å². The maximum absolute atomic E-state index is 15.3. The van der Waals surface area contributed by atoms with E-state index in [0.717, 1.165) is 0 Å². The number of amides is 3. The number of carbonyl (C=O) groups is 3. The lowest BCUT2D eigenvalue weighted by molar-refractivity contribution is -0.130. The van der Waals surface area contributed by atoms with Crippen LogP contribution >= 0.6 is 0 Å². The number of carbonyl (C=O) groups excluding carboxylic acids is 3. The number of ether oxygens (including phenoxy) is 2. The van der Waals surface area contributed by atoms with Crippen LogP contribution in [-0.4, -0.2) is 68.6 Å². The molecule has 1 saturated heterocycles. The smallest absolute Gasteiger partial charge is 0.407 e. The Morgan fingerprint density at radius 3 is 2.14 bits per heavy atom. The van der Waals surface area contributed by atoms with Crippen molar-refractivity contribution < 1.29 is 50.2 Å². The van der Waals surface area contributed by atoms with Gasteiger partial charge >= 0.3 is 12.3 Å². The lowest BCUT2D eigenvalue weighted by Gasteiger charge is -2.31. The highest BCUT2D eigenvalue weighted by Crippen LogP contribution is 2.45. The van der Waals surface area contributed by atoms with Gasteiger partial charge in [-0.3, -0.25) is 9.59 Å². The van der Waals surface area contributed by atoms with E-state index in [2.05, 4.69) is 16.0 Å². The molecule has 0 spiro atoms. The lowest BCUT2D eigenvalue weighted by Crippen LogP contribution is -2.50. The van der Waals surface area contributed by atoms with Crippen LogP contribution in [0.4, 0.5) is 36.8 Å². The minimum absolute atomic E-state index is 0.0759. The van der Waals surface area contributed by atoms with Gasteiger partial charge in [0.2, 0.25) is 11.8 Å². The topological polar surface area (TPSA) is 118 Å². The summed E-state index contributed by atoms with van der Waals surface area (Å²) in [5.74, 6) is -3.51. The predicted octanol–water partition coefficient (Wildman–Crippen LogP) is 5.74. The molecule has 1 aliphatic carbocycles. The highest BCUT2D eigenvalue weighted by atomic mass is 19.4. The van der Waals surface area contributed by atoms with Gasteiger partial charge in [0, 0.05) is 29.1 Å². The number of benzene rings is 3. The van der Waals surface area contributed by atoms with Crippen LogP contribution in [0.25, 0.3) is 0 Å². The molecule has 1 aliphatic heterocycles. The second-order valence-electron chi connectivity index (χ2n) is 13.0. The van der Waals surface area contributed by atoms with Crippen molar-refractivity contribution in [2.45, 2.75) is 62.9 Å². The van der Waals surface area contributed by atoms with E-state index < -0.39 is 71.7 Å². The lowest BCUT2D eigenvalue weighted by atomic mass is 9.84. The Labute approximate surface area is 290 Å². The minimum Gasteiger partial charge on any atom is -0.448 e. The van der Waals surface area contributed by atoms with Gasteiger partial charge in [0.15, 0.2) is 0 Å². The highest BCUT2D eigenvalue weighted by Gasteiger charge is 2.47. The molecular weight excluding hydrogens is 682 g/mol. The molecule has 3 atom stereocenters. The largest absolute Gasteiger partial charge is 0.448 e. The maximum atomic E-state index is 15.3. The van der Waals surface area contributed by atoms with Crippen LogP contribution < -0.4 is 21.3 Å². The number of alkyl carbamates (subject to hydrolysis) is 1. The first-order valence-corrected chi connectivity index (χ1v) is 16.4. The molecule has 1 heterocycles. The number of alkyl halides is 3. The van der Waals surface area contributed by atoms with E-state index in [4.69, 9.17) is 9.47 Å². The van der Waals surface area contributed by atoms with Crippen molar-refractivity contribution in [3.8, 4) is 0 Å². The fraction of sp³-hybridized carbons (Fsp3) is 0.417. The summed E-state index contributed by atoms with van der Waals surface area (Å²) in [4.78, 5) is 39.1. The first kappa shape index (κ1) is 37.6. The summed E-state index contributed by atoms with van der Waals surface area (Å²) < 4.78 is 90.7. The molecule has 0 unspecified atom stereocenters. The van der Waals surface area contributed by atoms with Crippen molar-refractivity contribution in [3.63, 3.8) is 0 Å². The van der Waals surface area contributed by atoms with E-state index in [1.807, 2.05) is 0 Å². The van der Waals surface area contributed by atoms with Crippen molar-refractivity contribution in [1.82, 2.24) is 16.0 Å². The minimum atomic E-state index is -4.57. The predicted molar refractivity (Wildman–Crippen MR) is 174 cm³/mol. The zero-order chi connectivity index (χ0) is 36.8. The molecule has 9 nitrogen and oxygen atoms in total. The number of hydrogen-bond donors (Lipinski definition) is 4. The molecule has 4 N–H and O–H groups in total. The Bertz CT molecular complexity index is 1630. The zero-order valence-corrected chi connectivity index (χ0v) is 27.6. The molecule has 2 fully saturated rings. The van der Waals surface area contributed by atoms with E-state index in [-0.39, 0.29) is 43.3 Å². The third-order valence-corrected chi connectivity index (χ3v) is 9.02. The van der Waals surface area contributed by atoms with Gasteiger partial charge in [0.1, 0.15) is 36.6 Å². The van der Waals surface area contributed by atoms with Crippen LogP contribution in [0.1, 0.15) is 48.8 Å². The number of hydrogen-bond acceptors (Lipinski definition) is 6. The fourth-order valence-electron chi connectivity index (χ4n) is 5.75. The van der Waals surface area contributed by atoms with Gasteiger partial charge < -0.3 is 30.7 Å². The molecule has 3 aromatic rings. The Balaban J connectivity index is 1.28. The van der Waals surface area contributed by atoms with Gasteiger partial charge in [-0.25, -0.2) is 18.0 Å². The summed E-state index contributed by atoms with van der Waals surface area (Å²) in [6, 6.07) is 13.3. The van der Waals surface area contributed by atoms with Gasteiger partial charge in [0.25, 0.3) is 0 Å². The first-order valence-electron chi connectivity index (χ1n) is 16.4. The van der Waals surface area contributed by atoms with E-state index in [9.17, 15) is 36.3 Å². The van der Waals surface area contributed by atoms with Crippen LogP contribution in [0.15, 0.2) is 66.7 Å². The second kappa shape index (κ2) is 16.1. The van der Waals surface area contributed by atoms with E-state index in [1.165, 1.54) is 66.7 Å². The Morgan fingerprint density at radius 1 is 0.961 bits per heavy atom. The summed E-state index contributed by atoms with van der Waals surface area (Å²) >= 11 is 0. The molecule has 5 rings (SSSR count). The zero-order valence-electron chi connectivity index (χ0n) is 27.6. The summed E-state index contributed by atoms with van der Waals surface area (Å²) in [6.07, 6.45) is -4.49. The summed E-state index contributed by atoms with van der Waals surface area (Å²) in [5, 5.41) is 10.4. The van der Waals surface area contributed by atoms with Gasteiger partial charge in [-0.05, 0) is 73.2 Å². The average Bonchev–Trinajstić information content (AvgIpc) is 3.85. The SMILES string of the molecule is CC1(C(=O)N[C@H](C(=O)Nc2cccc(F)c2CC[C@@H]2CN[C@H](COC(=O)NCC(F)(F)F)CO2)C(c2ccc(F)cc2)c2ccc(F)cc2)CC1. The number of nitrogens with one attached hydrogen (secondary N) is 4. The molecule has 3 amide bonds. The van der Waals surface area contributed by atoms with E-state index >= 15 is 4.39 Å². The van der Waals surface area contributed by atoms with Crippen LogP contribution in [0.3, 0.4) is 0 Å². The normalized spacial score (nSPS) is 18.8. The van der Waals surface area contributed by atoms with E-state index in [1.54, 1.807) is 12.2 Å². The molecule has 51 heavy (non-hydrogen) atoms. The first-order chi connectivity index (χ1) is 24.2. The van der Waals surface area contributed by atoms with Gasteiger partial charge in [0.05, 0.1) is 18.8 Å². The van der Waals surface area contributed by atoms with Crippen LogP contribution in [-0.2, 0) is 25.5 Å². The average molecular weight is 721 g/mol. The third-order valence-electron chi connectivity index (χ3n) is 9.02. The van der Waals surface area contributed by atoms with Crippen molar-refractivity contribution in [2.24, 2.45) is 5.41 Å². The summed E-state index contributed by atoms with van der Waals surface area (Å²) in [7, 11) is 0. The molecule has 0 aromatic heterocycles. The number of halogens is 6. The van der Waals surface area contributed by atoms with Crippen LogP contribution in [0, 0.1) is 22.9 Å². The molecular formula is C36H38F6N4O5. The molecule has 2 aliphatic rings. The van der Waals surface area contributed by atoms with Crippen LogP contribution in [0.2, 0.25) is 0 Å². The molecule has 15 heteroatoms. The maximum Gasteiger partial charge on any atom is 0.407 e. The van der Waals surface area contributed by atoms with Crippen LogP contribution in [0.5, 0.6) is 0 Å². The molecule has 0 bridgehead atoms. The van der Waals surface area contributed by atoms with Gasteiger partial charge in [-0.15, -0.1) is 0 Å². The summed E-state index contributed by atoms with van der Waals surface area (Å²) in [6.45, 7) is 0.386. The monoisotopic (exact) mass is 720 g/mol. The van der Waals surface area contributed by atoms with E-state index in [0.29, 0.717) is 30.4 Å². The Morgan fingerprint density at radius 2 is 1.59 bits per heavy atom. The standard InChI is InChI=1S/C36H38F6N4O5/c1-35(15-16-35)33(48)46-31(30(21-5-9-23(37)10-6-21)22-7-11-24(38)12-8-22)32(47)45-29-4-2-3-28(39)27(29)14-13-26-17-43-25(18-50-26)19-51-34(49)44-20-36(40,41)42/h2-12,25-26,30-31,43H,13-20H2,1H3,(H,44,49)(H,45,47)(H,46,48)/t25-,26+,31-/m0/s1. The Kier molecular flexibility index (Phi) is 11.9. The highest BCUT2D eigenvalue weighted by molar-refractivity contribution is 6.00. The number of rotatable bonds is 13. The number of anilines is 1. The van der Waals surface area contributed by atoms with Gasteiger partial charge in [-0.1, -0.05) is 37.3 Å².